The highest BCUT2D eigenvalue weighted by atomic mass is 16.2. The Labute approximate surface area is 157 Å². The van der Waals surface area contributed by atoms with Gasteiger partial charge in [0.05, 0.1) is 6.33 Å². The number of carbonyl (C=O) groups is 1. The number of anilines is 1. The molecule has 2 amide bonds. The molecule has 0 unspecified atom stereocenters. The molecule has 3 aromatic heterocycles. The van der Waals surface area contributed by atoms with Crippen molar-refractivity contribution in [2.45, 2.75) is 19.4 Å². The van der Waals surface area contributed by atoms with E-state index in [0.717, 1.165) is 31.0 Å². The first-order valence-electron chi connectivity index (χ1n) is 9.26. The Bertz CT molecular complexity index is 882. The van der Waals surface area contributed by atoms with Crippen molar-refractivity contribution in [2.75, 3.05) is 37.6 Å². The molecule has 0 aliphatic carbocycles. The van der Waals surface area contributed by atoms with E-state index < -0.39 is 0 Å². The fraction of sp³-hybridized carbons (Fsp3) is 0.444. The van der Waals surface area contributed by atoms with E-state index in [0.29, 0.717) is 25.7 Å². The number of urea groups is 1. The van der Waals surface area contributed by atoms with Gasteiger partial charge in [-0.15, -0.1) is 5.10 Å². The highest BCUT2D eigenvalue weighted by molar-refractivity contribution is 5.74. The van der Waals surface area contributed by atoms with E-state index in [4.69, 9.17) is 0 Å². The molecular formula is C18H24N8O. The Kier molecular flexibility index (Phi) is 4.91. The number of nitrogens with one attached hydrogen (secondary N) is 1. The molecule has 1 aliphatic rings. The van der Waals surface area contributed by atoms with Crippen molar-refractivity contribution in [3.63, 3.8) is 0 Å². The van der Waals surface area contributed by atoms with E-state index in [1.807, 2.05) is 29.4 Å². The largest absolute Gasteiger partial charge is 0.352 e. The van der Waals surface area contributed by atoms with Crippen molar-refractivity contribution in [2.24, 2.45) is 0 Å². The summed E-state index contributed by atoms with van der Waals surface area (Å²) in [5, 5.41) is 7.60. The third-order valence-corrected chi connectivity index (χ3v) is 5.00. The number of imidazole rings is 2. The predicted molar refractivity (Wildman–Crippen MR) is 102 cm³/mol. The first-order chi connectivity index (χ1) is 13.2. The second-order valence-electron chi connectivity index (χ2n) is 6.78. The van der Waals surface area contributed by atoms with Crippen molar-refractivity contribution < 1.29 is 4.79 Å². The summed E-state index contributed by atoms with van der Waals surface area (Å²) in [5.74, 6) is 0.912. The maximum Gasteiger partial charge on any atom is 0.317 e. The molecule has 1 fully saturated rings. The molecule has 1 aliphatic heterocycles. The fourth-order valence-corrected chi connectivity index (χ4v) is 3.29. The number of fused-ring (bicyclic) bond motifs is 1. The minimum absolute atomic E-state index is 0.00509. The van der Waals surface area contributed by atoms with Gasteiger partial charge in [-0.25, -0.2) is 19.3 Å². The summed E-state index contributed by atoms with van der Waals surface area (Å²) in [4.78, 5) is 24.7. The summed E-state index contributed by atoms with van der Waals surface area (Å²) in [5.41, 5.74) is 0.835. The molecule has 27 heavy (non-hydrogen) atoms. The zero-order chi connectivity index (χ0) is 18.6. The van der Waals surface area contributed by atoms with Gasteiger partial charge in [0.15, 0.2) is 5.65 Å². The molecule has 9 nitrogen and oxygen atoms in total. The fourth-order valence-electron chi connectivity index (χ4n) is 3.29. The quantitative estimate of drug-likeness (QED) is 0.736. The summed E-state index contributed by atoms with van der Waals surface area (Å²) in [6.07, 6.45) is 9.97. The molecule has 9 heteroatoms. The molecule has 0 radical (unpaired) electrons. The van der Waals surface area contributed by atoms with E-state index in [1.165, 1.54) is 0 Å². The summed E-state index contributed by atoms with van der Waals surface area (Å²) < 4.78 is 3.82. The predicted octanol–water partition coefficient (Wildman–Crippen LogP) is 1.41. The number of rotatable bonds is 5. The van der Waals surface area contributed by atoms with Gasteiger partial charge < -0.3 is 19.7 Å². The number of aromatic nitrogens is 5. The lowest BCUT2D eigenvalue weighted by molar-refractivity contribution is 0.193. The Morgan fingerprint density at radius 1 is 1.19 bits per heavy atom. The molecule has 4 heterocycles. The monoisotopic (exact) mass is 368 g/mol. The Morgan fingerprint density at radius 2 is 2.04 bits per heavy atom. The van der Waals surface area contributed by atoms with Gasteiger partial charge in [0.1, 0.15) is 5.82 Å². The van der Waals surface area contributed by atoms with Crippen LogP contribution in [-0.4, -0.2) is 67.8 Å². The molecule has 1 saturated heterocycles. The van der Waals surface area contributed by atoms with Gasteiger partial charge in [-0.2, -0.15) is 0 Å². The van der Waals surface area contributed by atoms with Crippen LogP contribution >= 0.6 is 0 Å². The van der Waals surface area contributed by atoms with E-state index >= 15 is 0 Å². The van der Waals surface area contributed by atoms with Gasteiger partial charge >= 0.3 is 6.03 Å². The molecule has 142 valence electrons. The maximum atomic E-state index is 12.4. The average Bonchev–Trinajstić information content (AvgIpc) is 3.39. The lowest BCUT2D eigenvalue weighted by Crippen LogP contribution is -2.52. The molecule has 0 spiro atoms. The van der Waals surface area contributed by atoms with Gasteiger partial charge in [-0.3, -0.25) is 0 Å². The molecule has 1 atom stereocenters. The smallest absolute Gasteiger partial charge is 0.317 e. The minimum Gasteiger partial charge on any atom is -0.352 e. The molecule has 1 N–H and O–H groups in total. The van der Waals surface area contributed by atoms with E-state index in [-0.39, 0.29) is 6.03 Å². The van der Waals surface area contributed by atoms with Gasteiger partial charge in [0, 0.05) is 63.6 Å². The van der Waals surface area contributed by atoms with Crippen LogP contribution in [0.25, 0.3) is 5.65 Å². The van der Waals surface area contributed by atoms with Crippen molar-refractivity contribution >= 4 is 17.5 Å². The van der Waals surface area contributed by atoms with Crippen molar-refractivity contribution in [3.05, 3.63) is 43.2 Å². The Hall–Kier alpha value is -3.10. The molecule has 0 aromatic carbocycles. The second kappa shape index (κ2) is 7.65. The number of hydrogen-bond acceptors (Lipinski definition) is 5. The number of amides is 2. The summed E-state index contributed by atoms with van der Waals surface area (Å²) in [6, 6.07) is 4.26. The molecule has 0 saturated carbocycles. The minimum atomic E-state index is 0.00509. The number of nitrogens with zero attached hydrogens (tertiary/aromatic N) is 7. The van der Waals surface area contributed by atoms with Crippen LogP contribution < -0.4 is 10.2 Å². The van der Waals surface area contributed by atoms with Crippen LogP contribution in [0.15, 0.2) is 43.2 Å². The van der Waals surface area contributed by atoms with E-state index in [2.05, 4.69) is 36.8 Å². The van der Waals surface area contributed by atoms with Gasteiger partial charge in [0.25, 0.3) is 0 Å². The average molecular weight is 368 g/mol. The van der Waals surface area contributed by atoms with Gasteiger partial charge in [-0.05, 0) is 25.5 Å². The van der Waals surface area contributed by atoms with Crippen LogP contribution in [0.5, 0.6) is 0 Å². The SMILES string of the molecule is C[C@H](CCNC(=O)N1CCN(c2ccc3nccn3n2)CC1)n1ccnc1. The topological polar surface area (TPSA) is 83.6 Å². The Morgan fingerprint density at radius 3 is 2.81 bits per heavy atom. The number of carbonyl (C=O) groups excluding carboxylic acids is 1. The van der Waals surface area contributed by atoms with Crippen molar-refractivity contribution in [1.82, 2.24) is 34.4 Å². The first-order valence-corrected chi connectivity index (χ1v) is 9.26. The second-order valence-corrected chi connectivity index (χ2v) is 6.78. The number of piperazine rings is 1. The lowest BCUT2D eigenvalue weighted by atomic mass is 10.2. The van der Waals surface area contributed by atoms with Crippen LogP contribution in [-0.2, 0) is 0 Å². The first kappa shape index (κ1) is 17.3. The standard InChI is InChI=1S/C18H24N8O/c1-15(25-8-6-19-14-25)4-5-21-18(27)24-12-10-23(11-13-24)17-3-2-16-20-7-9-26(16)22-17/h2-3,6-9,14-15H,4-5,10-13H2,1H3,(H,21,27)/t15-/m1/s1. The van der Waals surface area contributed by atoms with Gasteiger partial charge in [0.2, 0.25) is 0 Å². The zero-order valence-corrected chi connectivity index (χ0v) is 15.4. The molecular weight excluding hydrogens is 344 g/mol. The highest BCUT2D eigenvalue weighted by Crippen LogP contribution is 2.14. The summed E-state index contributed by atoms with van der Waals surface area (Å²) in [7, 11) is 0. The van der Waals surface area contributed by atoms with Crippen LogP contribution in [0.1, 0.15) is 19.4 Å². The lowest BCUT2D eigenvalue weighted by Gasteiger charge is -2.35. The van der Waals surface area contributed by atoms with Crippen molar-refractivity contribution in [3.8, 4) is 0 Å². The summed E-state index contributed by atoms with van der Waals surface area (Å²) in [6.45, 7) is 5.69. The van der Waals surface area contributed by atoms with Crippen molar-refractivity contribution in [1.29, 1.82) is 0 Å². The normalized spacial score (nSPS) is 15.9. The third-order valence-electron chi connectivity index (χ3n) is 5.00. The number of hydrogen-bond donors (Lipinski definition) is 1. The van der Waals surface area contributed by atoms with Crippen LogP contribution in [0, 0.1) is 0 Å². The van der Waals surface area contributed by atoms with Crippen LogP contribution in [0.2, 0.25) is 0 Å². The maximum absolute atomic E-state index is 12.4. The highest BCUT2D eigenvalue weighted by Gasteiger charge is 2.22. The van der Waals surface area contributed by atoms with E-state index in [9.17, 15) is 4.79 Å². The van der Waals surface area contributed by atoms with Crippen LogP contribution in [0.3, 0.4) is 0 Å². The van der Waals surface area contributed by atoms with Crippen LogP contribution in [0.4, 0.5) is 10.6 Å². The third kappa shape index (κ3) is 3.86. The molecule has 0 bridgehead atoms. The van der Waals surface area contributed by atoms with E-state index in [1.54, 1.807) is 23.2 Å². The zero-order valence-electron chi connectivity index (χ0n) is 15.4. The Balaban J connectivity index is 1.24. The van der Waals surface area contributed by atoms with Gasteiger partial charge in [-0.1, -0.05) is 0 Å². The summed E-state index contributed by atoms with van der Waals surface area (Å²) >= 11 is 0. The molecule has 3 aromatic rings. The molecule has 4 rings (SSSR count).